The molecule has 2 atom stereocenters. The van der Waals surface area contributed by atoms with Crippen LogP contribution in [0.2, 0.25) is 0 Å². The highest BCUT2D eigenvalue weighted by molar-refractivity contribution is 5.82. The van der Waals surface area contributed by atoms with E-state index in [1.807, 2.05) is 20.8 Å². The summed E-state index contributed by atoms with van der Waals surface area (Å²) in [6.07, 6.45) is 4.87. The number of carbonyl (C=O) groups is 1. The third-order valence-corrected chi connectivity index (χ3v) is 3.40. The second-order valence-corrected chi connectivity index (χ2v) is 6.35. The van der Waals surface area contributed by atoms with E-state index in [0.717, 1.165) is 25.0 Å². The Bertz CT molecular complexity index is 318. The normalized spacial score (nSPS) is 16.1. The first-order chi connectivity index (χ1) is 8.65. The molecular weight excluding hydrogens is 238 g/mol. The summed E-state index contributed by atoms with van der Waals surface area (Å²) in [5.74, 6) is 6.45. The molecule has 0 bridgehead atoms. The summed E-state index contributed by atoms with van der Waals surface area (Å²) in [7, 11) is 0. The maximum absolute atomic E-state index is 11.8. The van der Waals surface area contributed by atoms with E-state index in [-0.39, 0.29) is 17.2 Å². The lowest BCUT2D eigenvalue weighted by Gasteiger charge is -2.35. The van der Waals surface area contributed by atoms with Crippen molar-refractivity contribution in [3.63, 3.8) is 0 Å². The number of rotatable bonds is 7. The van der Waals surface area contributed by atoms with Crippen molar-refractivity contribution in [1.82, 2.24) is 5.01 Å². The first-order valence-electron chi connectivity index (χ1n) is 7.15. The predicted molar refractivity (Wildman–Crippen MR) is 80.9 cm³/mol. The van der Waals surface area contributed by atoms with Crippen LogP contribution in [0.3, 0.4) is 0 Å². The molecule has 0 fully saturated rings. The summed E-state index contributed by atoms with van der Waals surface area (Å²) in [6.45, 7) is 11.9. The van der Waals surface area contributed by atoms with Gasteiger partial charge in [0.1, 0.15) is 6.04 Å². The van der Waals surface area contributed by atoms with Crippen LogP contribution in [0.25, 0.3) is 0 Å². The minimum absolute atomic E-state index is 0.0580. The highest BCUT2D eigenvalue weighted by atomic mass is 16.1. The van der Waals surface area contributed by atoms with Gasteiger partial charge in [0.05, 0.1) is 0 Å². The lowest BCUT2D eigenvalue weighted by molar-refractivity contribution is -0.124. The zero-order valence-electron chi connectivity index (χ0n) is 13.4. The SMILES string of the molecule is CCC[C@@H](CC)/C(N)=C/N(N)[C@H](C(C)=O)C(C)(C)C. The first kappa shape index (κ1) is 18.0. The summed E-state index contributed by atoms with van der Waals surface area (Å²) >= 11 is 0. The fraction of sp³-hybridized carbons (Fsp3) is 0.800. The highest BCUT2D eigenvalue weighted by Gasteiger charge is 2.32. The van der Waals surface area contributed by atoms with Crippen LogP contribution in [0, 0.1) is 11.3 Å². The molecule has 4 heteroatoms. The summed E-state index contributed by atoms with van der Waals surface area (Å²) in [5, 5.41) is 1.48. The number of hydrogen-bond acceptors (Lipinski definition) is 4. The second kappa shape index (κ2) is 7.53. The van der Waals surface area contributed by atoms with E-state index in [9.17, 15) is 4.79 Å². The van der Waals surface area contributed by atoms with Crippen molar-refractivity contribution >= 4 is 5.78 Å². The van der Waals surface area contributed by atoms with Gasteiger partial charge in [-0.15, -0.1) is 0 Å². The fourth-order valence-electron chi connectivity index (χ4n) is 2.57. The molecule has 0 aromatic rings. The molecule has 0 aromatic heterocycles. The molecule has 0 unspecified atom stereocenters. The van der Waals surface area contributed by atoms with Crippen LogP contribution in [-0.4, -0.2) is 16.8 Å². The summed E-state index contributed by atoms with van der Waals surface area (Å²) < 4.78 is 0. The van der Waals surface area contributed by atoms with Crippen LogP contribution < -0.4 is 11.6 Å². The highest BCUT2D eigenvalue weighted by Crippen LogP contribution is 2.25. The van der Waals surface area contributed by atoms with Crippen molar-refractivity contribution in [3.8, 4) is 0 Å². The van der Waals surface area contributed by atoms with Gasteiger partial charge >= 0.3 is 0 Å². The Hall–Kier alpha value is -1.03. The molecule has 0 amide bonds. The molecule has 0 aliphatic carbocycles. The van der Waals surface area contributed by atoms with Gasteiger partial charge in [-0.05, 0) is 31.1 Å². The van der Waals surface area contributed by atoms with Crippen molar-refractivity contribution < 1.29 is 4.79 Å². The number of hydrogen-bond donors (Lipinski definition) is 2. The quantitative estimate of drug-likeness (QED) is 0.550. The van der Waals surface area contributed by atoms with E-state index < -0.39 is 0 Å². The Morgan fingerprint density at radius 3 is 2.16 bits per heavy atom. The van der Waals surface area contributed by atoms with Crippen LogP contribution >= 0.6 is 0 Å². The minimum Gasteiger partial charge on any atom is -0.401 e. The Balaban J connectivity index is 5.07. The van der Waals surface area contributed by atoms with Gasteiger partial charge < -0.3 is 10.7 Å². The van der Waals surface area contributed by atoms with E-state index in [1.165, 1.54) is 5.01 Å². The molecule has 112 valence electrons. The Labute approximate surface area is 118 Å². The molecule has 0 aliphatic heterocycles. The zero-order valence-corrected chi connectivity index (χ0v) is 13.4. The average molecular weight is 269 g/mol. The summed E-state index contributed by atoms with van der Waals surface area (Å²) in [6, 6.07) is -0.356. The third-order valence-electron chi connectivity index (χ3n) is 3.40. The van der Waals surface area contributed by atoms with Gasteiger partial charge in [-0.25, -0.2) is 5.84 Å². The standard InChI is InChI=1S/C15H31N3O/c1-7-9-12(8-2)13(16)10-18(17)14(11(3)19)15(4,5)6/h10,12,14H,7-9,16-17H2,1-6H3/b13-10-/t12-,14-/m1/s1. The van der Waals surface area contributed by atoms with Gasteiger partial charge in [-0.3, -0.25) is 4.79 Å². The Morgan fingerprint density at radius 1 is 1.32 bits per heavy atom. The van der Waals surface area contributed by atoms with Gasteiger partial charge in [0, 0.05) is 11.9 Å². The van der Waals surface area contributed by atoms with Crippen LogP contribution in [0.5, 0.6) is 0 Å². The molecule has 0 radical (unpaired) electrons. The Morgan fingerprint density at radius 2 is 1.84 bits per heavy atom. The van der Waals surface area contributed by atoms with Crippen LogP contribution in [0.1, 0.15) is 60.8 Å². The molecular formula is C15H31N3O. The Kier molecular flexibility index (Phi) is 7.12. The van der Waals surface area contributed by atoms with Crippen LogP contribution in [-0.2, 0) is 4.79 Å². The number of nitrogens with zero attached hydrogens (tertiary/aromatic N) is 1. The van der Waals surface area contributed by atoms with Crippen molar-refractivity contribution in [1.29, 1.82) is 0 Å². The zero-order chi connectivity index (χ0) is 15.2. The maximum atomic E-state index is 11.8. The van der Waals surface area contributed by atoms with Crippen LogP contribution in [0.15, 0.2) is 11.9 Å². The summed E-state index contributed by atoms with van der Waals surface area (Å²) in [4.78, 5) is 11.8. The van der Waals surface area contributed by atoms with Crippen molar-refractivity contribution in [2.24, 2.45) is 22.9 Å². The number of ketones is 1. The molecule has 0 saturated heterocycles. The average Bonchev–Trinajstić information content (AvgIpc) is 2.22. The summed E-state index contributed by atoms with van der Waals surface area (Å²) in [5.41, 5.74) is 6.67. The third kappa shape index (κ3) is 5.64. The van der Waals surface area contributed by atoms with Crippen molar-refractivity contribution in [2.45, 2.75) is 66.8 Å². The van der Waals surface area contributed by atoms with Gasteiger partial charge in [0.15, 0.2) is 5.78 Å². The number of allylic oxidation sites excluding steroid dienone is 1. The van der Waals surface area contributed by atoms with E-state index in [0.29, 0.717) is 5.92 Å². The van der Waals surface area contributed by atoms with Crippen LogP contribution in [0.4, 0.5) is 0 Å². The van der Waals surface area contributed by atoms with Gasteiger partial charge in [0.25, 0.3) is 0 Å². The molecule has 0 aliphatic rings. The molecule has 0 aromatic carbocycles. The largest absolute Gasteiger partial charge is 0.401 e. The van der Waals surface area contributed by atoms with Crippen molar-refractivity contribution in [3.05, 3.63) is 11.9 Å². The number of nitrogens with two attached hydrogens (primary N) is 2. The molecule has 4 N–H and O–H groups in total. The first-order valence-corrected chi connectivity index (χ1v) is 7.15. The predicted octanol–water partition coefficient (Wildman–Crippen LogP) is 2.79. The molecule has 0 heterocycles. The maximum Gasteiger partial charge on any atom is 0.154 e. The monoisotopic (exact) mass is 269 g/mol. The van der Waals surface area contributed by atoms with E-state index in [4.69, 9.17) is 11.6 Å². The van der Waals surface area contributed by atoms with Gasteiger partial charge in [0.2, 0.25) is 0 Å². The molecule has 4 nitrogen and oxygen atoms in total. The van der Waals surface area contributed by atoms with E-state index in [2.05, 4.69) is 13.8 Å². The van der Waals surface area contributed by atoms with E-state index in [1.54, 1.807) is 13.1 Å². The number of hydrazine groups is 1. The number of carbonyl (C=O) groups excluding carboxylic acids is 1. The number of Topliss-reactive ketones (excluding diaryl/α,β-unsaturated/α-hetero) is 1. The van der Waals surface area contributed by atoms with Gasteiger partial charge in [-0.2, -0.15) is 0 Å². The lowest BCUT2D eigenvalue weighted by atomic mass is 9.84. The molecule has 19 heavy (non-hydrogen) atoms. The van der Waals surface area contributed by atoms with E-state index >= 15 is 0 Å². The lowest BCUT2D eigenvalue weighted by Crippen LogP contribution is -2.49. The van der Waals surface area contributed by atoms with Crippen molar-refractivity contribution in [2.75, 3.05) is 0 Å². The van der Waals surface area contributed by atoms with Gasteiger partial charge in [-0.1, -0.05) is 41.0 Å². The molecule has 0 rings (SSSR count). The molecule has 0 saturated carbocycles. The second-order valence-electron chi connectivity index (χ2n) is 6.35. The minimum atomic E-state index is -0.356. The molecule has 0 spiro atoms. The topological polar surface area (TPSA) is 72.3 Å². The fourth-order valence-corrected chi connectivity index (χ4v) is 2.57. The smallest absolute Gasteiger partial charge is 0.154 e.